The summed E-state index contributed by atoms with van der Waals surface area (Å²) in [7, 11) is 0. The molecule has 0 bridgehead atoms. The molecule has 0 saturated heterocycles. The van der Waals surface area contributed by atoms with Crippen molar-refractivity contribution in [3.05, 3.63) is 71.0 Å². The van der Waals surface area contributed by atoms with E-state index in [1.807, 2.05) is 37.3 Å². The van der Waals surface area contributed by atoms with Gasteiger partial charge in [0, 0.05) is 13.1 Å². The summed E-state index contributed by atoms with van der Waals surface area (Å²) in [6.07, 6.45) is 0.718. The van der Waals surface area contributed by atoms with E-state index in [2.05, 4.69) is 15.6 Å². The van der Waals surface area contributed by atoms with Gasteiger partial charge in [0.2, 0.25) is 0 Å². The fraction of sp³-hybridized carbons (Fsp3) is 0.316. The normalized spacial score (nSPS) is 10.9. The van der Waals surface area contributed by atoms with E-state index in [0.717, 1.165) is 29.7 Å². The third kappa shape index (κ3) is 7.39. The lowest BCUT2D eigenvalue weighted by Gasteiger charge is -2.12. The molecule has 6 heteroatoms. The zero-order chi connectivity index (χ0) is 17.2. The van der Waals surface area contributed by atoms with Crippen LogP contribution in [0.5, 0.6) is 0 Å². The minimum Gasteiger partial charge on any atom is -0.392 e. The summed E-state index contributed by atoms with van der Waals surface area (Å²) in [5.74, 6) is 0.496. The van der Waals surface area contributed by atoms with Crippen LogP contribution in [0, 0.1) is 5.82 Å². The molecular weight excluding hydrogens is 432 g/mol. The number of nitrogens with one attached hydrogen (secondary N) is 2. The first-order valence-corrected chi connectivity index (χ1v) is 8.17. The van der Waals surface area contributed by atoms with Crippen molar-refractivity contribution in [2.24, 2.45) is 4.99 Å². The molecule has 4 nitrogen and oxygen atoms in total. The standard InChI is InChI=1S/C19H24FN3O.HI/c1-2-21-19(22-11-10-15-6-5-9-18(20)12-15)23-13-16-7-3-4-8-17(16)14-24;/h3-9,12,24H,2,10-11,13-14H2,1H3,(H2,21,22,23);1H. The van der Waals surface area contributed by atoms with Crippen molar-refractivity contribution in [2.45, 2.75) is 26.5 Å². The first kappa shape index (κ1) is 21.4. The van der Waals surface area contributed by atoms with Gasteiger partial charge >= 0.3 is 0 Å². The highest BCUT2D eigenvalue weighted by Gasteiger charge is 2.02. The van der Waals surface area contributed by atoms with Gasteiger partial charge in [0.15, 0.2) is 5.96 Å². The van der Waals surface area contributed by atoms with Gasteiger partial charge in [0.1, 0.15) is 5.82 Å². The molecule has 0 aliphatic carbocycles. The maximum atomic E-state index is 13.2. The molecule has 0 unspecified atom stereocenters. The molecule has 0 radical (unpaired) electrons. The monoisotopic (exact) mass is 457 g/mol. The summed E-state index contributed by atoms with van der Waals surface area (Å²) in [4.78, 5) is 4.55. The molecule has 0 heterocycles. The van der Waals surface area contributed by atoms with Crippen LogP contribution in [0.2, 0.25) is 0 Å². The Bertz CT molecular complexity index is 679. The molecule has 0 spiro atoms. The maximum absolute atomic E-state index is 13.2. The Morgan fingerprint density at radius 3 is 2.52 bits per heavy atom. The molecule has 0 saturated carbocycles. The van der Waals surface area contributed by atoms with Gasteiger partial charge < -0.3 is 15.7 Å². The van der Waals surface area contributed by atoms with Gasteiger partial charge in [0.05, 0.1) is 13.2 Å². The summed E-state index contributed by atoms with van der Waals surface area (Å²) in [6.45, 7) is 3.93. The van der Waals surface area contributed by atoms with Crippen molar-refractivity contribution in [1.29, 1.82) is 0 Å². The largest absolute Gasteiger partial charge is 0.392 e. The van der Waals surface area contributed by atoms with Crippen LogP contribution in [-0.4, -0.2) is 24.2 Å². The summed E-state index contributed by atoms with van der Waals surface area (Å²) in [5.41, 5.74) is 2.84. The lowest BCUT2D eigenvalue weighted by Crippen LogP contribution is -2.38. The summed E-state index contributed by atoms with van der Waals surface area (Å²) in [6, 6.07) is 14.3. The number of guanidine groups is 1. The van der Waals surface area contributed by atoms with Crippen LogP contribution in [0.25, 0.3) is 0 Å². The first-order chi connectivity index (χ1) is 11.7. The second kappa shape index (κ2) is 11.8. The molecule has 2 aromatic rings. The topological polar surface area (TPSA) is 56.7 Å². The number of halogens is 2. The molecular formula is C19H25FIN3O. The van der Waals surface area contributed by atoms with Gasteiger partial charge in [-0.1, -0.05) is 36.4 Å². The lowest BCUT2D eigenvalue weighted by atomic mass is 10.1. The van der Waals surface area contributed by atoms with E-state index >= 15 is 0 Å². The quantitative estimate of drug-likeness (QED) is 0.340. The number of hydrogen-bond acceptors (Lipinski definition) is 2. The van der Waals surface area contributed by atoms with Crippen LogP contribution in [0.3, 0.4) is 0 Å². The van der Waals surface area contributed by atoms with Gasteiger partial charge in [-0.15, -0.1) is 24.0 Å². The molecule has 0 amide bonds. The smallest absolute Gasteiger partial charge is 0.191 e. The van der Waals surface area contributed by atoms with Crippen LogP contribution in [0.1, 0.15) is 23.6 Å². The Balaban J connectivity index is 0.00000312. The number of aliphatic hydroxyl groups excluding tert-OH is 1. The van der Waals surface area contributed by atoms with Crippen molar-refractivity contribution < 1.29 is 9.50 Å². The Morgan fingerprint density at radius 1 is 1.08 bits per heavy atom. The van der Waals surface area contributed by atoms with Gasteiger partial charge in [-0.25, -0.2) is 9.38 Å². The number of rotatable bonds is 7. The van der Waals surface area contributed by atoms with E-state index < -0.39 is 0 Å². The van der Waals surface area contributed by atoms with Crippen LogP contribution in [0.15, 0.2) is 53.5 Å². The van der Waals surface area contributed by atoms with Gasteiger partial charge in [-0.2, -0.15) is 0 Å². The van der Waals surface area contributed by atoms with Gasteiger partial charge in [-0.05, 0) is 42.2 Å². The molecule has 2 aromatic carbocycles. The Hall–Kier alpha value is -1.67. The molecule has 0 fully saturated rings. The van der Waals surface area contributed by atoms with Crippen molar-refractivity contribution in [1.82, 2.24) is 10.6 Å². The molecule has 136 valence electrons. The lowest BCUT2D eigenvalue weighted by molar-refractivity contribution is 0.280. The fourth-order valence-corrected chi connectivity index (χ4v) is 2.39. The minimum atomic E-state index is -0.214. The molecule has 3 N–H and O–H groups in total. The molecule has 0 aliphatic rings. The highest BCUT2D eigenvalue weighted by molar-refractivity contribution is 14.0. The summed E-state index contributed by atoms with van der Waals surface area (Å²) >= 11 is 0. The average molecular weight is 457 g/mol. The molecule has 2 rings (SSSR count). The highest BCUT2D eigenvalue weighted by Crippen LogP contribution is 2.09. The zero-order valence-electron chi connectivity index (χ0n) is 14.3. The van der Waals surface area contributed by atoms with E-state index in [9.17, 15) is 9.50 Å². The second-order valence-electron chi connectivity index (χ2n) is 5.43. The van der Waals surface area contributed by atoms with Crippen LogP contribution < -0.4 is 10.6 Å². The van der Waals surface area contributed by atoms with Crippen LogP contribution in [-0.2, 0) is 19.6 Å². The summed E-state index contributed by atoms with van der Waals surface area (Å²) in [5, 5.41) is 15.8. The van der Waals surface area contributed by atoms with Crippen molar-refractivity contribution in [2.75, 3.05) is 13.1 Å². The summed E-state index contributed by atoms with van der Waals surface area (Å²) < 4.78 is 13.2. The SMILES string of the molecule is CCNC(=NCc1ccccc1CO)NCCc1cccc(F)c1.I. The Labute approximate surface area is 165 Å². The highest BCUT2D eigenvalue weighted by atomic mass is 127. The van der Waals surface area contributed by atoms with E-state index in [0.29, 0.717) is 19.0 Å². The maximum Gasteiger partial charge on any atom is 0.191 e. The second-order valence-corrected chi connectivity index (χ2v) is 5.43. The molecule has 0 aliphatic heterocycles. The van der Waals surface area contributed by atoms with Crippen LogP contribution in [0.4, 0.5) is 4.39 Å². The Kier molecular flexibility index (Phi) is 10.1. The average Bonchev–Trinajstić information content (AvgIpc) is 2.60. The fourth-order valence-electron chi connectivity index (χ4n) is 2.39. The number of nitrogens with zero attached hydrogens (tertiary/aromatic N) is 1. The first-order valence-electron chi connectivity index (χ1n) is 8.17. The minimum absolute atomic E-state index is 0. The third-order valence-electron chi connectivity index (χ3n) is 3.64. The number of benzene rings is 2. The molecule has 0 atom stereocenters. The zero-order valence-corrected chi connectivity index (χ0v) is 16.7. The van der Waals surface area contributed by atoms with E-state index in [1.165, 1.54) is 6.07 Å². The number of aliphatic imine (C=N–C) groups is 1. The third-order valence-corrected chi connectivity index (χ3v) is 3.64. The van der Waals surface area contributed by atoms with E-state index in [1.54, 1.807) is 12.1 Å². The van der Waals surface area contributed by atoms with Gasteiger partial charge in [0.25, 0.3) is 0 Å². The van der Waals surface area contributed by atoms with Gasteiger partial charge in [-0.3, -0.25) is 0 Å². The molecule has 0 aromatic heterocycles. The molecule has 25 heavy (non-hydrogen) atoms. The predicted octanol–water partition coefficient (Wildman–Crippen LogP) is 3.23. The predicted molar refractivity (Wildman–Crippen MR) is 111 cm³/mol. The number of aliphatic hydroxyl groups is 1. The van der Waals surface area contributed by atoms with Crippen molar-refractivity contribution >= 4 is 29.9 Å². The van der Waals surface area contributed by atoms with E-state index in [-0.39, 0.29) is 36.4 Å². The van der Waals surface area contributed by atoms with Crippen molar-refractivity contribution in [3.8, 4) is 0 Å². The van der Waals surface area contributed by atoms with E-state index in [4.69, 9.17) is 0 Å². The van der Waals surface area contributed by atoms with Crippen LogP contribution >= 0.6 is 24.0 Å². The Morgan fingerprint density at radius 2 is 1.84 bits per heavy atom. The van der Waals surface area contributed by atoms with Crippen molar-refractivity contribution in [3.63, 3.8) is 0 Å². The number of hydrogen-bond donors (Lipinski definition) is 3.